The first-order valence-electron chi connectivity index (χ1n) is 6.48. The van der Waals surface area contributed by atoms with Crippen LogP contribution in [0.2, 0.25) is 5.02 Å². The van der Waals surface area contributed by atoms with E-state index in [0.717, 1.165) is 6.42 Å². The molecule has 0 aliphatic carbocycles. The molecule has 0 radical (unpaired) electrons. The maximum atomic E-state index is 14.1. The highest BCUT2D eigenvalue weighted by molar-refractivity contribution is 6.31. The Morgan fingerprint density at radius 3 is 2.84 bits per heavy atom. The predicted octanol–water partition coefficient (Wildman–Crippen LogP) is 2.88. The highest BCUT2D eigenvalue weighted by atomic mass is 35.5. The second-order valence-electron chi connectivity index (χ2n) is 5.01. The van der Waals surface area contributed by atoms with Crippen LogP contribution in [-0.2, 0) is 4.79 Å². The van der Waals surface area contributed by atoms with Gasteiger partial charge < -0.3 is 10.6 Å². The Morgan fingerprint density at radius 1 is 1.58 bits per heavy atom. The van der Waals surface area contributed by atoms with E-state index in [1.165, 1.54) is 6.07 Å². The molecule has 0 aromatic heterocycles. The molecule has 1 aromatic rings. The Kier molecular flexibility index (Phi) is 4.11. The zero-order valence-corrected chi connectivity index (χ0v) is 11.8. The first-order chi connectivity index (χ1) is 8.97. The van der Waals surface area contributed by atoms with Crippen molar-refractivity contribution in [3.63, 3.8) is 0 Å². The Balaban J connectivity index is 2.48. The molecule has 1 aromatic carbocycles. The molecule has 0 spiro atoms. The summed E-state index contributed by atoms with van der Waals surface area (Å²) in [6, 6.07) is 3.65. The quantitative estimate of drug-likeness (QED) is 0.928. The lowest BCUT2D eigenvalue weighted by Gasteiger charge is -2.32. The van der Waals surface area contributed by atoms with Crippen LogP contribution < -0.4 is 5.73 Å². The van der Waals surface area contributed by atoms with Crippen LogP contribution in [0.15, 0.2) is 18.2 Å². The smallest absolute Gasteiger partial charge is 0.225 e. The van der Waals surface area contributed by atoms with Gasteiger partial charge in [-0.15, -0.1) is 0 Å². The molecule has 1 amide bonds. The highest BCUT2D eigenvalue weighted by Crippen LogP contribution is 2.38. The second kappa shape index (κ2) is 5.47. The lowest BCUT2D eigenvalue weighted by atomic mass is 9.99. The summed E-state index contributed by atoms with van der Waals surface area (Å²) in [5.41, 5.74) is 6.37. The Bertz CT molecular complexity index is 474. The van der Waals surface area contributed by atoms with E-state index in [0.29, 0.717) is 10.6 Å². The summed E-state index contributed by atoms with van der Waals surface area (Å²) in [4.78, 5) is 13.7. The number of nitrogens with zero attached hydrogens (tertiary/aromatic N) is 1. The Hall–Kier alpha value is -1.13. The summed E-state index contributed by atoms with van der Waals surface area (Å²) in [6.45, 7) is 3.93. The fraction of sp³-hybridized carbons (Fsp3) is 0.500. The van der Waals surface area contributed by atoms with Gasteiger partial charge in [-0.2, -0.15) is 0 Å². The SMILES string of the molecule is CCC(C)N1C(=O)CC(N)C1c1c(F)cccc1Cl. The van der Waals surface area contributed by atoms with Crippen molar-refractivity contribution >= 4 is 17.5 Å². The number of amides is 1. The average molecular weight is 285 g/mol. The average Bonchev–Trinajstić information content (AvgIpc) is 2.64. The maximum absolute atomic E-state index is 14.1. The predicted molar refractivity (Wildman–Crippen MR) is 73.3 cm³/mol. The Labute approximate surface area is 117 Å². The fourth-order valence-electron chi connectivity index (χ4n) is 2.64. The van der Waals surface area contributed by atoms with Crippen molar-refractivity contribution in [3.05, 3.63) is 34.6 Å². The summed E-state index contributed by atoms with van der Waals surface area (Å²) in [5.74, 6) is -0.442. The van der Waals surface area contributed by atoms with Gasteiger partial charge in [0.2, 0.25) is 5.91 Å². The van der Waals surface area contributed by atoms with Crippen molar-refractivity contribution < 1.29 is 9.18 Å². The van der Waals surface area contributed by atoms with Gasteiger partial charge in [0.1, 0.15) is 5.82 Å². The van der Waals surface area contributed by atoms with E-state index in [9.17, 15) is 9.18 Å². The molecule has 3 nitrogen and oxygen atoms in total. The Morgan fingerprint density at radius 2 is 2.26 bits per heavy atom. The van der Waals surface area contributed by atoms with Gasteiger partial charge in [0.05, 0.1) is 6.04 Å². The van der Waals surface area contributed by atoms with Gasteiger partial charge in [-0.05, 0) is 25.5 Å². The van der Waals surface area contributed by atoms with Crippen LogP contribution in [0, 0.1) is 5.82 Å². The van der Waals surface area contributed by atoms with Crippen molar-refractivity contribution in [3.8, 4) is 0 Å². The molecule has 104 valence electrons. The van der Waals surface area contributed by atoms with Crippen LogP contribution in [-0.4, -0.2) is 22.9 Å². The third kappa shape index (κ3) is 2.47. The van der Waals surface area contributed by atoms with Crippen molar-refractivity contribution in [1.29, 1.82) is 0 Å². The minimum Gasteiger partial charge on any atom is -0.331 e. The topological polar surface area (TPSA) is 46.3 Å². The standard InChI is InChI=1S/C14H18ClFN2O/c1-3-8(2)18-12(19)7-11(17)14(18)13-9(15)5-4-6-10(13)16/h4-6,8,11,14H,3,7,17H2,1-2H3. The van der Waals surface area contributed by atoms with E-state index in [1.807, 2.05) is 13.8 Å². The monoisotopic (exact) mass is 284 g/mol. The number of nitrogens with two attached hydrogens (primary N) is 1. The van der Waals surface area contributed by atoms with E-state index >= 15 is 0 Å². The van der Waals surface area contributed by atoms with Gasteiger partial charge in [0.15, 0.2) is 0 Å². The van der Waals surface area contributed by atoms with Crippen molar-refractivity contribution in [2.45, 2.75) is 44.8 Å². The third-order valence-electron chi connectivity index (χ3n) is 3.76. The number of carbonyl (C=O) groups is 1. The highest BCUT2D eigenvalue weighted by Gasteiger charge is 2.42. The molecule has 1 saturated heterocycles. The number of rotatable bonds is 3. The van der Waals surface area contributed by atoms with Crippen molar-refractivity contribution in [1.82, 2.24) is 4.90 Å². The van der Waals surface area contributed by atoms with Crippen LogP contribution in [0.25, 0.3) is 0 Å². The molecule has 1 aliphatic heterocycles. The minimum atomic E-state index is -0.476. The molecular weight excluding hydrogens is 267 g/mol. The van der Waals surface area contributed by atoms with Gasteiger partial charge in [0.25, 0.3) is 0 Å². The zero-order valence-electron chi connectivity index (χ0n) is 11.1. The van der Waals surface area contributed by atoms with Crippen LogP contribution in [0.3, 0.4) is 0 Å². The summed E-state index contributed by atoms with van der Waals surface area (Å²) in [5, 5.41) is 0.323. The molecule has 1 aliphatic rings. The number of halogens is 2. The lowest BCUT2D eigenvalue weighted by Crippen LogP contribution is -2.39. The molecule has 2 rings (SSSR count). The van der Waals surface area contributed by atoms with Gasteiger partial charge in [-0.3, -0.25) is 4.79 Å². The summed E-state index contributed by atoms with van der Waals surface area (Å²) in [6.07, 6.45) is 1.03. The maximum Gasteiger partial charge on any atom is 0.225 e. The third-order valence-corrected chi connectivity index (χ3v) is 4.09. The number of hydrogen-bond donors (Lipinski definition) is 1. The second-order valence-corrected chi connectivity index (χ2v) is 5.41. The van der Waals surface area contributed by atoms with Crippen LogP contribution in [0.5, 0.6) is 0 Å². The summed E-state index contributed by atoms with van der Waals surface area (Å²) >= 11 is 6.10. The number of hydrogen-bond acceptors (Lipinski definition) is 2. The molecule has 19 heavy (non-hydrogen) atoms. The van der Waals surface area contributed by atoms with E-state index in [1.54, 1.807) is 17.0 Å². The molecule has 3 unspecified atom stereocenters. The van der Waals surface area contributed by atoms with E-state index < -0.39 is 17.9 Å². The van der Waals surface area contributed by atoms with Crippen molar-refractivity contribution in [2.75, 3.05) is 0 Å². The number of benzene rings is 1. The van der Waals surface area contributed by atoms with E-state index in [4.69, 9.17) is 17.3 Å². The van der Waals surface area contributed by atoms with Gasteiger partial charge in [-0.25, -0.2) is 4.39 Å². The van der Waals surface area contributed by atoms with E-state index in [2.05, 4.69) is 0 Å². The first kappa shape index (κ1) is 14.3. The molecule has 2 N–H and O–H groups in total. The first-order valence-corrected chi connectivity index (χ1v) is 6.85. The van der Waals surface area contributed by atoms with E-state index in [-0.39, 0.29) is 18.4 Å². The summed E-state index contributed by atoms with van der Waals surface area (Å²) < 4.78 is 14.1. The zero-order chi connectivity index (χ0) is 14.2. The van der Waals surface area contributed by atoms with Gasteiger partial charge in [0, 0.05) is 29.1 Å². The van der Waals surface area contributed by atoms with Crippen LogP contribution >= 0.6 is 11.6 Å². The minimum absolute atomic E-state index is 0.0155. The lowest BCUT2D eigenvalue weighted by molar-refractivity contribution is -0.131. The number of carbonyl (C=O) groups excluding carboxylic acids is 1. The molecule has 1 fully saturated rings. The van der Waals surface area contributed by atoms with Crippen LogP contribution in [0.1, 0.15) is 38.3 Å². The molecule has 3 atom stereocenters. The van der Waals surface area contributed by atoms with Gasteiger partial charge in [-0.1, -0.05) is 24.6 Å². The fourth-order valence-corrected chi connectivity index (χ4v) is 2.92. The van der Waals surface area contributed by atoms with Crippen molar-refractivity contribution in [2.24, 2.45) is 5.73 Å². The molecule has 0 saturated carbocycles. The molecule has 1 heterocycles. The normalized spacial score (nSPS) is 24.9. The number of likely N-dealkylation sites (tertiary alicyclic amines) is 1. The summed E-state index contributed by atoms with van der Waals surface area (Å²) in [7, 11) is 0. The molecule has 5 heteroatoms. The van der Waals surface area contributed by atoms with Gasteiger partial charge >= 0.3 is 0 Å². The largest absolute Gasteiger partial charge is 0.331 e. The molecule has 0 bridgehead atoms. The molecular formula is C14H18ClFN2O. The van der Waals surface area contributed by atoms with Crippen LogP contribution in [0.4, 0.5) is 4.39 Å².